The highest BCUT2D eigenvalue weighted by Crippen LogP contribution is 2.45. The standard InChI is InChI=1S/C47H54F5N7O3Si/c1-26(2)63(27(3)4,28(5)6)18-13-32-35(49)12-11-29-19-31(60)20-33(38(29)32)39-36(50)21-34-42(41(39)52)53-46(62-25-47-14-9-16-58(47)23-30(48)22-47)54-44(34)57-15-10-17-59-37(24-57)40(51)43(55-59)45(61)56(7)8/h11-12,19-21,26-28,30,60H,9-10,14-17,22-25H2,1-8H3/t30-,47+/m1/s1. The van der Waals surface area contributed by atoms with Crippen LogP contribution in [0.2, 0.25) is 16.6 Å². The van der Waals surface area contributed by atoms with Crippen LogP contribution in [0.3, 0.4) is 0 Å². The van der Waals surface area contributed by atoms with Gasteiger partial charge in [-0.2, -0.15) is 15.1 Å². The summed E-state index contributed by atoms with van der Waals surface area (Å²) >= 11 is 0. The lowest BCUT2D eigenvalue weighted by molar-refractivity contribution is 0.0816. The molecule has 3 aromatic carbocycles. The third-order valence-electron chi connectivity index (χ3n) is 13.7. The number of nitrogens with zero attached hydrogens (tertiary/aromatic N) is 7. The number of hydrogen-bond donors (Lipinski definition) is 1. The summed E-state index contributed by atoms with van der Waals surface area (Å²) in [5, 5.41) is 15.7. The van der Waals surface area contributed by atoms with Crippen LogP contribution in [-0.4, -0.2) is 101 Å². The first kappa shape index (κ1) is 44.3. The van der Waals surface area contributed by atoms with Gasteiger partial charge in [-0.05, 0) is 72.1 Å². The Hall–Kier alpha value is -5.27. The van der Waals surface area contributed by atoms with Gasteiger partial charge in [0.1, 0.15) is 49.6 Å². The van der Waals surface area contributed by atoms with Crippen LogP contribution in [0.1, 0.15) is 89.0 Å². The minimum atomic E-state index is -2.42. The number of aromatic hydroxyl groups is 1. The summed E-state index contributed by atoms with van der Waals surface area (Å²) in [5.74, 6) is -1.36. The van der Waals surface area contributed by atoms with Gasteiger partial charge in [0, 0.05) is 56.5 Å². The largest absolute Gasteiger partial charge is 0.508 e. The van der Waals surface area contributed by atoms with Crippen LogP contribution in [0.25, 0.3) is 32.8 Å². The predicted octanol–water partition coefficient (Wildman–Crippen LogP) is 9.55. The number of phenols is 1. The molecule has 2 saturated heterocycles. The summed E-state index contributed by atoms with van der Waals surface area (Å²) in [7, 11) is 0.577. The molecule has 0 radical (unpaired) electrons. The van der Waals surface area contributed by atoms with Gasteiger partial charge in [0.25, 0.3) is 5.91 Å². The molecular weight excluding hydrogens is 834 g/mol. The molecule has 0 unspecified atom stereocenters. The molecule has 1 N–H and O–H groups in total. The Morgan fingerprint density at radius 3 is 2.40 bits per heavy atom. The van der Waals surface area contributed by atoms with Crippen molar-refractivity contribution < 1.29 is 36.6 Å². The smallest absolute Gasteiger partial charge is 0.319 e. The second-order valence-corrected chi connectivity index (χ2v) is 24.2. The average Bonchev–Trinajstić information content (AvgIpc) is 3.79. The summed E-state index contributed by atoms with van der Waals surface area (Å²) < 4.78 is 89.5. The zero-order valence-electron chi connectivity index (χ0n) is 37.1. The van der Waals surface area contributed by atoms with Crippen LogP contribution in [-0.2, 0) is 13.1 Å². The topological polar surface area (TPSA) is 99.9 Å². The summed E-state index contributed by atoms with van der Waals surface area (Å²) in [6, 6.07) is 6.12. The zero-order valence-corrected chi connectivity index (χ0v) is 38.1. The lowest BCUT2D eigenvalue weighted by atomic mass is 9.92. The molecule has 16 heteroatoms. The number of amides is 1. The third kappa shape index (κ3) is 7.58. The molecule has 0 aliphatic carbocycles. The van der Waals surface area contributed by atoms with E-state index in [1.807, 2.05) is 0 Å². The fourth-order valence-electron chi connectivity index (χ4n) is 10.7. The SMILES string of the molecule is CC(C)[Si](C#Cc1c(F)ccc2cc(O)cc(-c3c(F)cc4c(N5CCCn6nc(C(=O)N(C)C)c(F)c6C5)nc(OC[C@@]56CCCN5C[C@H](F)C6)nc4c3F)c12)(C(C)C)C(C)C. The van der Waals surface area contributed by atoms with Gasteiger partial charge in [-0.25, -0.2) is 22.0 Å². The number of alkyl halides is 1. The van der Waals surface area contributed by atoms with E-state index < -0.39 is 54.5 Å². The summed E-state index contributed by atoms with van der Waals surface area (Å²) in [6.07, 6.45) is 1.15. The Balaban J connectivity index is 1.33. The number of aromatic nitrogens is 4. The first-order valence-electron chi connectivity index (χ1n) is 21.8. The van der Waals surface area contributed by atoms with E-state index in [0.717, 1.165) is 12.5 Å². The molecule has 8 rings (SSSR count). The number of halogens is 5. The molecule has 10 nitrogen and oxygen atoms in total. The van der Waals surface area contributed by atoms with Gasteiger partial charge in [-0.15, -0.1) is 5.54 Å². The Bertz CT molecular complexity index is 2670. The Labute approximate surface area is 365 Å². The van der Waals surface area contributed by atoms with Crippen molar-refractivity contribution in [1.82, 2.24) is 29.5 Å². The van der Waals surface area contributed by atoms with E-state index in [0.29, 0.717) is 24.8 Å². The molecule has 0 spiro atoms. The molecule has 63 heavy (non-hydrogen) atoms. The molecule has 2 aromatic heterocycles. The van der Waals surface area contributed by atoms with Gasteiger partial charge in [0.05, 0.1) is 28.9 Å². The fourth-order valence-corrected chi connectivity index (χ4v) is 15.9. The molecule has 0 bridgehead atoms. The number of aryl methyl sites for hydroxylation is 1. The number of ether oxygens (including phenoxy) is 1. The van der Waals surface area contributed by atoms with Gasteiger partial charge < -0.3 is 19.6 Å². The van der Waals surface area contributed by atoms with Crippen molar-refractivity contribution in [1.29, 1.82) is 0 Å². The molecular formula is C47H54F5N7O3Si. The lowest BCUT2D eigenvalue weighted by Crippen LogP contribution is -2.43. The molecule has 3 aliphatic rings. The highest BCUT2D eigenvalue weighted by molar-refractivity contribution is 6.90. The summed E-state index contributed by atoms with van der Waals surface area (Å²) in [5.41, 5.74) is 2.27. The number of benzene rings is 3. The normalized spacial score (nSPS) is 19.2. The quantitative estimate of drug-likeness (QED) is 0.0889. The molecule has 1 amide bonds. The summed E-state index contributed by atoms with van der Waals surface area (Å²) in [4.78, 5) is 27.0. The van der Waals surface area contributed by atoms with E-state index in [-0.39, 0.29) is 112 Å². The van der Waals surface area contributed by atoms with Gasteiger partial charge >= 0.3 is 6.01 Å². The highest BCUT2D eigenvalue weighted by atomic mass is 28.3. The number of rotatable bonds is 9. The van der Waals surface area contributed by atoms with Crippen molar-refractivity contribution in [3.05, 3.63) is 70.6 Å². The minimum absolute atomic E-state index is 0.0118. The molecule has 2 atom stereocenters. The van der Waals surface area contributed by atoms with E-state index in [1.54, 1.807) is 4.90 Å². The van der Waals surface area contributed by atoms with Crippen LogP contribution < -0.4 is 9.64 Å². The van der Waals surface area contributed by atoms with Crippen molar-refractivity contribution in [2.75, 3.05) is 45.2 Å². The van der Waals surface area contributed by atoms with E-state index >= 15 is 17.6 Å². The second-order valence-electron chi connectivity index (χ2n) is 18.6. The Morgan fingerprint density at radius 1 is 0.968 bits per heavy atom. The van der Waals surface area contributed by atoms with Crippen molar-refractivity contribution >= 4 is 41.5 Å². The molecule has 0 saturated carbocycles. The van der Waals surface area contributed by atoms with Gasteiger partial charge in [0.15, 0.2) is 17.3 Å². The molecule has 5 heterocycles. The van der Waals surface area contributed by atoms with E-state index in [1.165, 1.54) is 47.9 Å². The predicted molar refractivity (Wildman–Crippen MR) is 236 cm³/mol. The fraction of sp³-hybridized carbons (Fsp3) is 0.489. The van der Waals surface area contributed by atoms with Crippen LogP contribution in [0.5, 0.6) is 11.8 Å². The molecule has 334 valence electrons. The monoisotopic (exact) mass is 887 g/mol. The van der Waals surface area contributed by atoms with E-state index in [2.05, 4.69) is 68.0 Å². The number of carbonyl (C=O) groups is 1. The lowest BCUT2D eigenvalue weighted by Gasteiger charge is -2.38. The van der Waals surface area contributed by atoms with Gasteiger partial charge in [-0.1, -0.05) is 53.5 Å². The van der Waals surface area contributed by atoms with Crippen LogP contribution >= 0.6 is 0 Å². The van der Waals surface area contributed by atoms with Gasteiger partial charge in [0.2, 0.25) is 0 Å². The minimum Gasteiger partial charge on any atom is -0.508 e. The number of anilines is 1. The highest BCUT2D eigenvalue weighted by Gasteiger charge is 2.49. The van der Waals surface area contributed by atoms with Gasteiger partial charge in [-0.3, -0.25) is 14.4 Å². The van der Waals surface area contributed by atoms with Crippen molar-refractivity contribution in [2.45, 2.75) is 109 Å². The Morgan fingerprint density at radius 2 is 1.70 bits per heavy atom. The number of fused-ring (bicyclic) bond motifs is 4. The van der Waals surface area contributed by atoms with Crippen LogP contribution in [0.4, 0.5) is 27.8 Å². The maximum Gasteiger partial charge on any atom is 0.319 e. The molecule has 2 fully saturated rings. The van der Waals surface area contributed by atoms with Crippen molar-refractivity contribution in [3.63, 3.8) is 0 Å². The summed E-state index contributed by atoms with van der Waals surface area (Å²) in [6.45, 7) is 14.1. The number of carbonyl (C=O) groups excluding carboxylic acids is 1. The number of phenolic OH excluding ortho intramolecular Hbond substituents is 1. The third-order valence-corrected chi connectivity index (χ3v) is 20.0. The molecule has 5 aromatic rings. The second kappa shape index (κ2) is 16.7. The van der Waals surface area contributed by atoms with Crippen LogP contribution in [0.15, 0.2) is 30.3 Å². The number of hydrogen-bond acceptors (Lipinski definition) is 8. The van der Waals surface area contributed by atoms with Crippen molar-refractivity contribution in [3.8, 4) is 34.4 Å². The van der Waals surface area contributed by atoms with E-state index in [4.69, 9.17) is 9.72 Å². The Kier molecular flexibility index (Phi) is 11.7. The first-order valence-corrected chi connectivity index (χ1v) is 24.0. The van der Waals surface area contributed by atoms with E-state index in [9.17, 15) is 14.3 Å². The maximum absolute atomic E-state index is 17.7. The first-order chi connectivity index (χ1) is 29.9. The van der Waals surface area contributed by atoms with Crippen LogP contribution in [0, 0.1) is 34.7 Å². The zero-order chi connectivity index (χ0) is 45.3. The van der Waals surface area contributed by atoms with Crippen molar-refractivity contribution in [2.24, 2.45) is 0 Å². The average molecular weight is 888 g/mol. The molecule has 3 aliphatic heterocycles. The maximum atomic E-state index is 17.7.